The molecule has 4 rings (SSSR count). The van der Waals surface area contributed by atoms with Crippen LogP contribution < -0.4 is 15.4 Å². The molecule has 0 saturated carbocycles. The molecule has 0 spiro atoms. The van der Waals surface area contributed by atoms with Gasteiger partial charge in [0.1, 0.15) is 0 Å². The predicted octanol–water partition coefficient (Wildman–Crippen LogP) is 2.80. The fraction of sp³-hybridized carbons (Fsp3) is 0.261. The third-order valence-corrected chi connectivity index (χ3v) is 6.31. The molecular formula is C23H23N3O3S. The first-order valence-electron chi connectivity index (χ1n) is 9.80. The molecule has 3 N–H and O–H groups in total. The molecule has 0 atom stereocenters. The van der Waals surface area contributed by atoms with Gasteiger partial charge in [0.05, 0.1) is 11.4 Å². The van der Waals surface area contributed by atoms with E-state index in [1.54, 1.807) is 19.1 Å². The van der Waals surface area contributed by atoms with Crippen molar-refractivity contribution in [3.8, 4) is 11.8 Å². The molecule has 2 aliphatic heterocycles. The van der Waals surface area contributed by atoms with Gasteiger partial charge in [-0.15, -0.1) is 0 Å². The van der Waals surface area contributed by atoms with Crippen molar-refractivity contribution in [1.82, 2.24) is 0 Å². The number of benzene rings is 2. The van der Waals surface area contributed by atoms with Crippen LogP contribution in [0.5, 0.6) is 0 Å². The molecule has 154 valence electrons. The van der Waals surface area contributed by atoms with Crippen LogP contribution in [0.4, 0.5) is 11.4 Å². The SMILES string of the molecule is CC(=O)c1cc2c3c(c1)CCN3CCC(C#CCNc1ccc(S(N)(=O)=O)cc1)=C2. The number of ketones is 1. The van der Waals surface area contributed by atoms with E-state index in [-0.39, 0.29) is 10.7 Å². The fourth-order valence-electron chi connectivity index (χ4n) is 3.88. The Balaban J connectivity index is 1.49. The lowest BCUT2D eigenvalue weighted by atomic mass is 9.99. The van der Waals surface area contributed by atoms with Gasteiger partial charge in [-0.2, -0.15) is 0 Å². The number of carbonyl (C=O) groups is 1. The van der Waals surface area contributed by atoms with Crippen LogP contribution in [-0.2, 0) is 16.4 Å². The van der Waals surface area contributed by atoms with Crippen LogP contribution in [0.15, 0.2) is 46.9 Å². The average Bonchev–Trinajstić information content (AvgIpc) is 3.02. The van der Waals surface area contributed by atoms with Crippen molar-refractivity contribution in [2.24, 2.45) is 5.14 Å². The molecular weight excluding hydrogens is 398 g/mol. The molecule has 0 unspecified atom stereocenters. The van der Waals surface area contributed by atoms with E-state index in [1.807, 2.05) is 12.1 Å². The van der Waals surface area contributed by atoms with E-state index in [4.69, 9.17) is 5.14 Å². The van der Waals surface area contributed by atoms with Crippen LogP contribution in [0.2, 0.25) is 0 Å². The summed E-state index contributed by atoms with van der Waals surface area (Å²) >= 11 is 0. The Morgan fingerprint density at radius 3 is 2.60 bits per heavy atom. The second-order valence-corrected chi connectivity index (χ2v) is 9.07. The van der Waals surface area contributed by atoms with Gasteiger partial charge in [0.25, 0.3) is 0 Å². The number of sulfonamides is 1. The molecule has 2 aromatic carbocycles. The normalized spacial score (nSPS) is 14.9. The summed E-state index contributed by atoms with van der Waals surface area (Å²) in [6.45, 7) is 3.93. The number of rotatable bonds is 4. The highest BCUT2D eigenvalue weighted by atomic mass is 32.2. The van der Waals surface area contributed by atoms with Crippen molar-refractivity contribution in [3.05, 3.63) is 58.7 Å². The Morgan fingerprint density at radius 1 is 1.17 bits per heavy atom. The molecule has 7 heteroatoms. The monoisotopic (exact) mass is 421 g/mol. The van der Waals surface area contributed by atoms with E-state index < -0.39 is 10.0 Å². The number of nitrogens with zero attached hydrogens (tertiary/aromatic N) is 1. The summed E-state index contributed by atoms with van der Waals surface area (Å²) < 4.78 is 22.6. The summed E-state index contributed by atoms with van der Waals surface area (Å²) in [4.78, 5) is 14.4. The molecule has 2 heterocycles. The third kappa shape index (κ3) is 4.25. The maximum atomic E-state index is 11.9. The van der Waals surface area contributed by atoms with Crippen molar-refractivity contribution in [3.63, 3.8) is 0 Å². The number of nitrogens with one attached hydrogen (secondary N) is 1. The Kier molecular flexibility index (Phi) is 5.37. The van der Waals surface area contributed by atoms with Crippen molar-refractivity contribution in [1.29, 1.82) is 0 Å². The number of anilines is 2. The lowest BCUT2D eigenvalue weighted by Gasteiger charge is -2.19. The zero-order chi connectivity index (χ0) is 21.3. The average molecular weight is 422 g/mol. The third-order valence-electron chi connectivity index (χ3n) is 5.39. The van der Waals surface area contributed by atoms with Gasteiger partial charge in [0.2, 0.25) is 10.0 Å². The summed E-state index contributed by atoms with van der Waals surface area (Å²) in [6, 6.07) is 10.3. The van der Waals surface area contributed by atoms with E-state index in [9.17, 15) is 13.2 Å². The summed E-state index contributed by atoms with van der Waals surface area (Å²) in [5.74, 6) is 6.46. The van der Waals surface area contributed by atoms with Crippen molar-refractivity contribution in [2.45, 2.75) is 24.7 Å². The Labute approximate surface area is 176 Å². The minimum atomic E-state index is -3.69. The first kappa shape index (κ1) is 20.2. The molecule has 6 nitrogen and oxygen atoms in total. The molecule has 0 radical (unpaired) electrons. The molecule has 0 aliphatic carbocycles. The first-order chi connectivity index (χ1) is 14.3. The largest absolute Gasteiger partial charge is 0.374 e. The molecule has 0 fully saturated rings. The number of carbonyl (C=O) groups excluding carboxylic acids is 1. The quantitative estimate of drug-likeness (QED) is 0.585. The lowest BCUT2D eigenvalue weighted by molar-refractivity contribution is 0.101. The van der Waals surface area contributed by atoms with Crippen LogP contribution >= 0.6 is 0 Å². The van der Waals surface area contributed by atoms with Gasteiger partial charge < -0.3 is 10.2 Å². The lowest BCUT2D eigenvalue weighted by Crippen LogP contribution is -2.21. The van der Waals surface area contributed by atoms with E-state index in [0.717, 1.165) is 48.3 Å². The minimum absolute atomic E-state index is 0.0791. The second kappa shape index (κ2) is 7.98. The van der Waals surface area contributed by atoms with Gasteiger partial charge >= 0.3 is 0 Å². The van der Waals surface area contributed by atoms with E-state index >= 15 is 0 Å². The summed E-state index contributed by atoms with van der Waals surface area (Å²) in [7, 11) is -3.69. The van der Waals surface area contributed by atoms with Crippen LogP contribution in [0.25, 0.3) is 6.08 Å². The standard InChI is InChI=1S/C23H23N3O3S/c1-16(27)19-14-18-9-12-26-11-8-17(13-20(15-19)23(18)26)3-2-10-25-21-4-6-22(7-5-21)30(24,28)29/h4-7,13-15,25H,8-12H2,1H3,(H2,24,28,29). The van der Waals surface area contributed by atoms with Gasteiger partial charge in [-0.25, -0.2) is 13.6 Å². The van der Waals surface area contributed by atoms with Gasteiger partial charge in [-0.3, -0.25) is 4.79 Å². The first-order valence-corrected chi connectivity index (χ1v) is 11.3. The summed E-state index contributed by atoms with van der Waals surface area (Å²) in [5.41, 5.74) is 6.12. The fourth-order valence-corrected chi connectivity index (χ4v) is 4.40. The van der Waals surface area contributed by atoms with Gasteiger partial charge in [-0.05, 0) is 73.4 Å². The molecule has 30 heavy (non-hydrogen) atoms. The van der Waals surface area contributed by atoms with Crippen molar-refractivity contribution in [2.75, 3.05) is 29.9 Å². The smallest absolute Gasteiger partial charge is 0.238 e. The highest BCUT2D eigenvalue weighted by Crippen LogP contribution is 2.37. The highest BCUT2D eigenvalue weighted by Gasteiger charge is 2.25. The Morgan fingerprint density at radius 2 is 1.90 bits per heavy atom. The maximum Gasteiger partial charge on any atom is 0.238 e. The molecule has 0 aromatic heterocycles. The molecule has 0 amide bonds. The van der Waals surface area contributed by atoms with Gasteiger partial charge in [-0.1, -0.05) is 11.8 Å². The predicted molar refractivity (Wildman–Crippen MR) is 119 cm³/mol. The maximum absolute atomic E-state index is 11.9. The van der Waals surface area contributed by atoms with Crippen LogP contribution in [0.1, 0.15) is 34.8 Å². The van der Waals surface area contributed by atoms with Gasteiger partial charge in [0.15, 0.2) is 5.78 Å². The Bertz CT molecular complexity index is 1200. The molecule has 2 aliphatic rings. The van der Waals surface area contributed by atoms with Crippen molar-refractivity contribution >= 4 is 33.3 Å². The Hall–Kier alpha value is -3.08. The van der Waals surface area contributed by atoms with E-state index in [1.165, 1.54) is 23.4 Å². The number of primary sulfonamides is 1. The van der Waals surface area contributed by atoms with E-state index in [0.29, 0.717) is 6.54 Å². The number of nitrogens with two attached hydrogens (primary N) is 1. The minimum Gasteiger partial charge on any atom is -0.374 e. The number of hydrogen-bond acceptors (Lipinski definition) is 5. The van der Waals surface area contributed by atoms with Gasteiger partial charge in [0, 0.05) is 35.6 Å². The van der Waals surface area contributed by atoms with Crippen LogP contribution in [0, 0.1) is 11.8 Å². The zero-order valence-electron chi connectivity index (χ0n) is 16.7. The topological polar surface area (TPSA) is 92.5 Å². The highest BCUT2D eigenvalue weighted by molar-refractivity contribution is 7.89. The number of hydrogen-bond donors (Lipinski definition) is 2. The summed E-state index contributed by atoms with van der Waals surface area (Å²) in [5, 5.41) is 8.27. The zero-order valence-corrected chi connectivity index (χ0v) is 17.6. The second-order valence-electron chi connectivity index (χ2n) is 7.51. The molecule has 0 bridgehead atoms. The van der Waals surface area contributed by atoms with E-state index in [2.05, 4.69) is 28.1 Å². The van der Waals surface area contributed by atoms with Crippen LogP contribution in [0.3, 0.4) is 0 Å². The molecule has 0 saturated heterocycles. The summed E-state index contributed by atoms with van der Waals surface area (Å²) in [6.07, 6.45) is 3.94. The van der Waals surface area contributed by atoms with Crippen molar-refractivity contribution < 1.29 is 13.2 Å². The molecule has 2 aromatic rings. The number of Topliss-reactive ketones (excluding diaryl/α,β-unsaturated/α-hetero) is 1. The van der Waals surface area contributed by atoms with Crippen LogP contribution in [-0.4, -0.2) is 33.8 Å².